The third-order valence-corrected chi connectivity index (χ3v) is 6.82. The number of rotatable bonds is 5. The van der Waals surface area contributed by atoms with E-state index in [9.17, 15) is 8.42 Å². The molecule has 0 spiro atoms. The van der Waals surface area contributed by atoms with Crippen molar-refractivity contribution in [3.8, 4) is 0 Å². The standard InChI is InChI=1S/C19H22N6O2S/c26-28(27,15-2-1-7-21-11-15)24-18-10-17(14-5-8-20-9-6-14)23-19-16(13-3-4-13)12-22-25(18)19/h1-2,7,10-14,20,24H,3-6,8-9H2. The largest absolute Gasteiger partial charge is 0.317 e. The average molecular weight is 398 g/mol. The zero-order chi connectivity index (χ0) is 19.1. The van der Waals surface area contributed by atoms with Crippen LogP contribution in [0.1, 0.15) is 48.8 Å². The average Bonchev–Trinajstić information content (AvgIpc) is 3.48. The monoisotopic (exact) mass is 398 g/mol. The zero-order valence-corrected chi connectivity index (χ0v) is 16.2. The predicted octanol–water partition coefficient (Wildman–Crippen LogP) is 2.27. The van der Waals surface area contributed by atoms with Crippen molar-refractivity contribution in [2.75, 3.05) is 17.8 Å². The highest BCUT2D eigenvalue weighted by Gasteiger charge is 2.29. The van der Waals surface area contributed by atoms with Crippen LogP contribution in [0.15, 0.2) is 41.7 Å². The number of hydrogen-bond acceptors (Lipinski definition) is 6. The molecular formula is C19H22N6O2S. The summed E-state index contributed by atoms with van der Waals surface area (Å²) >= 11 is 0. The topological polar surface area (TPSA) is 101 Å². The fraction of sp³-hybridized carbons (Fsp3) is 0.421. The first kappa shape index (κ1) is 17.6. The van der Waals surface area contributed by atoms with Crippen LogP contribution in [0, 0.1) is 0 Å². The Bertz CT molecular complexity index is 1100. The molecule has 0 unspecified atom stereocenters. The molecule has 146 valence electrons. The molecule has 2 aliphatic rings. The van der Waals surface area contributed by atoms with Gasteiger partial charge in [-0.2, -0.15) is 9.61 Å². The van der Waals surface area contributed by atoms with Gasteiger partial charge in [0.25, 0.3) is 10.0 Å². The van der Waals surface area contributed by atoms with Crippen LogP contribution in [-0.2, 0) is 10.0 Å². The van der Waals surface area contributed by atoms with Crippen LogP contribution in [0.25, 0.3) is 5.65 Å². The van der Waals surface area contributed by atoms with Crippen molar-refractivity contribution in [3.63, 3.8) is 0 Å². The van der Waals surface area contributed by atoms with Gasteiger partial charge in [0.1, 0.15) is 10.7 Å². The van der Waals surface area contributed by atoms with Crippen molar-refractivity contribution in [2.45, 2.75) is 42.4 Å². The second-order valence-corrected chi connectivity index (χ2v) is 9.18. The second kappa shape index (κ2) is 6.82. The van der Waals surface area contributed by atoms with Gasteiger partial charge in [-0.3, -0.25) is 9.71 Å². The van der Waals surface area contributed by atoms with E-state index in [1.54, 1.807) is 16.8 Å². The molecule has 0 radical (unpaired) electrons. The molecular weight excluding hydrogens is 376 g/mol. The first-order chi connectivity index (χ1) is 13.6. The number of anilines is 1. The number of aromatic nitrogens is 4. The molecule has 3 aromatic rings. The summed E-state index contributed by atoms with van der Waals surface area (Å²) in [7, 11) is -3.76. The lowest BCUT2D eigenvalue weighted by Gasteiger charge is -2.23. The molecule has 1 saturated carbocycles. The summed E-state index contributed by atoms with van der Waals surface area (Å²) in [4.78, 5) is 8.95. The predicted molar refractivity (Wildman–Crippen MR) is 105 cm³/mol. The van der Waals surface area contributed by atoms with Gasteiger partial charge < -0.3 is 5.32 Å². The molecule has 8 nitrogen and oxygen atoms in total. The lowest BCUT2D eigenvalue weighted by atomic mass is 9.94. The molecule has 5 rings (SSSR count). The molecule has 28 heavy (non-hydrogen) atoms. The minimum atomic E-state index is -3.76. The number of fused-ring (bicyclic) bond motifs is 1. The Balaban J connectivity index is 1.60. The third-order valence-electron chi connectivity index (χ3n) is 5.48. The number of piperidine rings is 1. The molecule has 0 atom stereocenters. The SMILES string of the molecule is O=S(=O)(Nc1cc(C2CCNCC2)nc2c(C3CC3)cnn12)c1cccnc1. The normalized spacial score (nSPS) is 18.4. The van der Waals surface area contributed by atoms with Gasteiger partial charge >= 0.3 is 0 Å². The van der Waals surface area contributed by atoms with Gasteiger partial charge in [0.2, 0.25) is 0 Å². The molecule has 3 aromatic heterocycles. The van der Waals surface area contributed by atoms with Gasteiger partial charge in [-0.15, -0.1) is 0 Å². The molecule has 2 N–H and O–H groups in total. The minimum Gasteiger partial charge on any atom is -0.317 e. The van der Waals surface area contributed by atoms with E-state index in [1.165, 1.54) is 12.3 Å². The van der Waals surface area contributed by atoms with E-state index in [-0.39, 0.29) is 4.90 Å². The number of nitrogens with one attached hydrogen (secondary N) is 2. The van der Waals surface area contributed by atoms with Gasteiger partial charge in [-0.1, -0.05) is 0 Å². The molecule has 1 aliphatic heterocycles. The van der Waals surface area contributed by atoms with Crippen molar-refractivity contribution in [2.24, 2.45) is 0 Å². The van der Waals surface area contributed by atoms with Gasteiger partial charge in [0, 0.05) is 35.6 Å². The quantitative estimate of drug-likeness (QED) is 0.684. The molecule has 9 heteroatoms. The van der Waals surface area contributed by atoms with Crippen LogP contribution in [0.3, 0.4) is 0 Å². The maximum Gasteiger partial charge on any atom is 0.264 e. The van der Waals surface area contributed by atoms with E-state index in [0.717, 1.165) is 55.7 Å². The Hall–Kier alpha value is -2.52. The first-order valence-corrected chi connectivity index (χ1v) is 11.1. The van der Waals surface area contributed by atoms with Crippen molar-refractivity contribution in [1.29, 1.82) is 0 Å². The number of hydrogen-bond donors (Lipinski definition) is 2. The fourth-order valence-electron chi connectivity index (χ4n) is 3.78. The highest BCUT2D eigenvalue weighted by Crippen LogP contribution is 2.42. The molecule has 0 amide bonds. The smallest absolute Gasteiger partial charge is 0.264 e. The summed E-state index contributed by atoms with van der Waals surface area (Å²) in [6, 6.07) is 4.97. The molecule has 4 heterocycles. The van der Waals surface area contributed by atoms with E-state index in [2.05, 4.69) is 20.1 Å². The summed E-state index contributed by atoms with van der Waals surface area (Å²) in [5.74, 6) is 1.22. The van der Waals surface area contributed by atoms with E-state index in [4.69, 9.17) is 4.98 Å². The Labute approximate surface area is 163 Å². The maximum atomic E-state index is 12.9. The maximum absolute atomic E-state index is 12.9. The Kier molecular flexibility index (Phi) is 4.28. The van der Waals surface area contributed by atoms with Crippen LogP contribution in [0.5, 0.6) is 0 Å². The lowest BCUT2D eigenvalue weighted by Crippen LogP contribution is -2.27. The number of sulfonamides is 1. The first-order valence-electron chi connectivity index (χ1n) is 9.64. The van der Waals surface area contributed by atoms with Crippen molar-refractivity contribution in [1.82, 2.24) is 24.9 Å². The highest BCUT2D eigenvalue weighted by atomic mass is 32.2. The molecule has 0 aromatic carbocycles. The van der Waals surface area contributed by atoms with E-state index < -0.39 is 10.0 Å². The number of nitrogens with zero attached hydrogens (tertiary/aromatic N) is 4. The Morgan fingerprint density at radius 2 is 1.93 bits per heavy atom. The fourth-order valence-corrected chi connectivity index (χ4v) is 4.78. The molecule has 1 aliphatic carbocycles. The van der Waals surface area contributed by atoms with Crippen molar-refractivity contribution < 1.29 is 8.42 Å². The summed E-state index contributed by atoms with van der Waals surface area (Å²) in [6.07, 6.45) is 8.97. The van der Waals surface area contributed by atoms with Crippen LogP contribution in [0.4, 0.5) is 5.82 Å². The molecule has 0 bridgehead atoms. The Morgan fingerprint density at radius 3 is 2.64 bits per heavy atom. The van der Waals surface area contributed by atoms with Gasteiger partial charge in [0.15, 0.2) is 5.65 Å². The zero-order valence-electron chi connectivity index (χ0n) is 15.4. The van der Waals surface area contributed by atoms with Gasteiger partial charge in [0.05, 0.1) is 6.20 Å². The van der Waals surface area contributed by atoms with Crippen LogP contribution < -0.4 is 10.0 Å². The Morgan fingerprint density at radius 1 is 1.11 bits per heavy atom. The lowest BCUT2D eigenvalue weighted by molar-refractivity contribution is 0.453. The summed E-state index contributed by atoms with van der Waals surface area (Å²) < 4.78 is 30.1. The van der Waals surface area contributed by atoms with Crippen LogP contribution in [-0.4, -0.2) is 41.1 Å². The third kappa shape index (κ3) is 3.24. The van der Waals surface area contributed by atoms with Gasteiger partial charge in [-0.25, -0.2) is 13.4 Å². The molecule has 2 fully saturated rings. The van der Waals surface area contributed by atoms with E-state index in [1.807, 2.05) is 12.3 Å². The van der Waals surface area contributed by atoms with E-state index in [0.29, 0.717) is 17.7 Å². The highest BCUT2D eigenvalue weighted by molar-refractivity contribution is 7.92. The summed E-state index contributed by atoms with van der Waals surface area (Å²) in [6.45, 7) is 1.89. The van der Waals surface area contributed by atoms with Crippen LogP contribution in [0.2, 0.25) is 0 Å². The van der Waals surface area contributed by atoms with Crippen LogP contribution >= 0.6 is 0 Å². The summed E-state index contributed by atoms with van der Waals surface area (Å²) in [5.41, 5.74) is 2.81. The van der Waals surface area contributed by atoms with E-state index >= 15 is 0 Å². The number of pyridine rings is 1. The minimum absolute atomic E-state index is 0.123. The van der Waals surface area contributed by atoms with Crippen molar-refractivity contribution in [3.05, 3.63) is 48.0 Å². The summed E-state index contributed by atoms with van der Waals surface area (Å²) in [5, 5.41) is 7.81. The van der Waals surface area contributed by atoms with Gasteiger partial charge in [-0.05, 0) is 56.8 Å². The van der Waals surface area contributed by atoms with Crippen molar-refractivity contribution >= 4 is 21.5 Å². The second-order valence-electron chi connectivity index (χ2n) is 7.49. The molecule has 1 saturated heterocycles.